The fraction of sp³-hybridized carbons (Fsp3) is 0.176. The first-order valence-electron chi connectivity index (χ1n) is 7.90. The Morgan fingerprint density at radius 1 is 1.37 bits per heavy atom. The second kappa shape index (κ2) is 7.28. The van der Waals surface area contributed by atoms with E-state index < -0.39 is 23.8 Å². The molecule has 2 heterocycles. The van der Waals surface area contributed by atoms with Crippen molar-refractivity contribution in [2.75, 3.05) is 11.9 Å². The number of hydrogen-bond donors (Lipinski definition) is 3. The third kappa shape index (κ3) is 3.64. The van der Waals surface area contributed by atoms with E-state index in [1.165, 1.54) is 23.0 Å². The van der Waals surface area contributed by atoms with Gasteiger partial charge in [0, 0.05) is 11.8 Å². The predicted molar refractivity (Wildman–Crippen MR) is 91.0 cm³/mol. The summed E-state index contributed by atoms with van der Waals surface area (Å²) in [6.07, 6.45) is 2.76. The van der Waals surface area contributed by atoms with Gasteiger partial charge in [0.15, 0.2) is 11.7 Å². The Balaban J connectivity index is 1.98. The number of hydrogen-bond acceptors (Lipinski definition) is 7. The monoisotopic (exact) mass is 374 g/mol. The summed E-state index contributed by atoms with van der Waals surface area (Å²) in [4.78, 5) is 27.8. The number of carbonyl (C=O) groups is 2. The molecule has 0 amide bonds. The molecule has 1 unspecified atom stereocenters. The smallest absolute Gasteiger partial charge is 0.343 e. The number of carboxylic acids is 1. The van der Waals surface area contributed by atoms with Crippen LogP contribution in [-0.4, -0.2) is 43.4 Å². The SMILES string of the molecule is CCOC(=O)c1cnn2ccc(NC(C(=O)O)c3cc(F)ccc3O)nc12. The van der Waals surface area contributed by atoms with Gasteiger partial charge in [-0.05, 0) is 31.2 Å². The van der Waals surface area contributed by atoms with Crippen LogP contribution in [0.3, 0.4) is 0 Å². The van der Waals surface area contributed by atoms with Gasteiger partial charge in [-0.1, -0.05) is 0 Å². The number of ether oxygens (including phenoxy) is 1. The summed E-state index contributed by atoms with van der Waals surface area (Å²) < 4.78 is 19.7. The van der Waals surface area contributed by atoms with Gasteiger partial charge in [0.2, 0.25) is 0 Å². The number of aromatic nitrogens is 3. The maximum Gasteiger partial charge on any atom is 0.343 e. The number of esters is 1. The van der Waals surface area contributed by atoms with Crippen LogP contribution in [0.4, 0.5) is 10.2 Å². The maximum absolute atomic E-state index is 13.5. The molecule has 1 aromatic carbocycles. The van der Waals surface area contributed by atoms with Crippen molar-refractivity contribution in [1.29, 1.82) is 0 Å². The fourth-order valence-electron chi connectivity index (χ4n) is 2.48. The van der Waals surface area contributed by atoms with Gasteiger partial charge in [0.25, 0.3) is 0 Å². The highest BCUT2D eigenvalue weighted by Gasteiger charge is 2.24. The lowest BCUT2D eigenvalue weighted by molar-refractivity contribution is -0.138. The molecule has 0 fully saturated rings. The second-order valence-electron chi connectivity index (χ2n) is 5.48. The van der Waals surface area contributed by atoms with Crippen molar-refractivity contribution in [3.63, 3.8) is 0 Å². The molecule has 1 atom stereocenters. The minimum atomic E-state index is -1.47. The molecule has 0 saturated heterocycles. The highest BCUT2D eigenvalue weighted by molar-refractivity contribution is 5.95. The summed E-state index contributed by atoms with van der Waals surface area (Å²) in [5.41, 5.74) is 0.107. The average Bonchev–Trinajstić information content (AvgIpc) is 3.05. The molecule has 10 heteroatoms. The van der Waals surface area contributed by atoms with Crippen LogP contribution in [0.25, 0.3) is 5.65 Å². The van der Waals surface area contributed by atoms with Crippen LogP contribution >= 0.6 is 0 Å². The maximum atomic E-state index is 13.5. The number of phenols is 1. The zero-order valence-electron chi connectivity index (χ0n) is 14.1. The van der Waals surface area contributed by atoms with E-state index in [-0.39, 0.29) is 34.9 Å². The quantitative estimate of drug-likeness (QED) is 0.559. The summed E-state index contributed by atoms with van der Waals surface area (Å²) in [6, 6.07) is 2.96. The van der Waals surface area contributed by atoms with Crippen molar-refractivity contribution in [2.45, 2.75) is 13.0 Å². The fourth-order valence-corrected chi connectivity index (χ4v) is 2.48. The largest absolute Gasteiger partial charge is 0.508 e. The molecule has 27 heavy (non-hydrogen) atoms. The molecule has 0 aliphatic rings. The number of nitrogens with one attached hydrogen (secondary N) is 1. The van der Waals surface area contributed by atoms with Crippen LogP contribution in [-0.2, 0) is 9.53 Å². The van der Waals surface area contributed by atoms with E-state index in [9.17, 15) is 24.2 Å². The van der Waals surface area contributed by atoms with E-state index >= 15 is 0 Å². The van der Waals surface area contributed by atoms with Crippen molar-refractivity contribution in [1.82, 2.24) is 14.6 Å². The predicted octanol–water partition coefficient (Wildman–Crippen LogP) is 1.99. The van der Waals surface area contributed by atoms with Crippen LogP contribution < -0.4 is 5.32 Å². The number of aromatic hydroxyl groups is 1. The number of benzene rings is 1. The van der Waals surface area contributed by atoms with E-state index in [2.05, 4.69) is 15.4 Å². The van der Waals surface area contributed by atoms with Crippen LogP contribution in [0.5, 0.6) is 5.75 Å². The summed E-state index contributed by atoms with van der Waals surface area (Å²) >= 11 is 0. The Hall–Kier alpha value is -3.69. The zero-order chi connectivity index (χ0) is 19.6. The van der Waals surface area contributed by atoms with E-state index in [0.717, 1.165) is 18.2 Å². The Labute approximate surface area is 152 Å². The number of nitrogens with zero attached hydrogens (tertiary/aromatic N) is 3. The minimum Gasteiger partial charge on any atom is -0.508 e. The Morgan fingerprint density at radius 2 is 2.15 bits per heavy atom. The molecule has 0 bridgehead atoms. The molecule has 3 aromatic rings. The number of aliphatic carboxylic acids is 1. The normalized spacial score (nSPS) is 11.9. The molecule has 140 valence electrons. The summed E-state index contributed by atoms with van der Waals surface area (Å²) in [5.74, 6) is -2.95. The molecule has 0 aliphatic carbocycles. The molecular formula is C17H15FN4O5. The second-order valence-corrected chi connectivity index (χ2v) is 5.48. The summed E-state index contributed by atoms with van der Waals surface area (Å²) in [6.45, 7) is 1.83. The van der Waals surface area contributed by atoms with Crippen molar-refractivity contribution >= 4 is 23.4 Å². The number of carbonyl (C=O) groups excluding carboxylic acids is 1. The summed E-state index contributed by atoms with van der Waals surface area (Å²) in [7, 11) is 0. The van der Waals surface area contributed by atoms with E-state index in [1.807, 2.05) is 0 Å². The summed E-state index contributed by atoms with van der Waals surface area (Å²) in [5, 5.41) is 25.9. The van der Waals surface area contributed by atoms with Gasteiger partial charge < -0.3 is 20.3 Å². The highest BCUT2D eigenvalue weighted by atomic mass is 19.1. The van der Waals surface area contributed by atoms with Crippen LogP contribution in [0.1, 0.15) is 28.9 Å². The number of fused-ring (bicyclic) bond motifs is 1. The molecule has 0 aliphatic heterocycles. The van der Waals surface area contributed by atoms with Crippen molar-refractivity contribution in [2.24, 2.45) is 0 Å². The number of anilines is 1. The van der Waals surface area contributed by atoms with Crippen molar-refractivity contribution in [3.8, 4) is 5.75 Å². The van der Waals surface area contributed by atoms with Crippen LogP contribution in [0.2, 0.25) is 0 Å². The van der Waals surface area contributed by atoms with Crippen molar-refractivity contribution < 1.29 is 28.9 Å². The molecule has 0 radical (unpaired) electrons. The molecule has 9 nitrogen and oxygen atoms in total. The van der Waals surface area contributed by atoms with E-state index in [0.29, 0.717) is 0 Å². The van der Waals surface area contributed by atoms with Crippen LogP contribution in [0.15, 0.2) is 36.7 Å². The first kappa shape index (κ1) is 18.1. The number of halogens is 1. The van der Waals surface area contributed by atoms with Crippen molar-refractivity contribution in [3.05, 3.63) is 53.6 Å². The Morgan fingerprint density at radius 3 is 2.85 bits per heavy atom. The first-order chi connectivity index (χ1) is 12.9. The molecule has 0 spiro atoms. The number of phenolic OH excluding ortho intramolecular Hbond substituents is 1. The third-order valence-corrected chi connectivity index (χ3v) is 3.70. The molecule has 0 saturated carbocycles. The van der Waals surface area contributed by atoms with Gasteiger partial charge in [0.05, 0.1) is 12.8 Å². The lowest BCUT2D eigenvalue weighted by Crippen LogP contribution is -2.21. The van der Waals surface area contributed by atoms with Gasteiger partial charge in [0.1, 0.15) is 22.9 Å². The van der Waals surface area contributed by atoms with E-state index in [4.69, 9.17) is 4.74 Å². The van der Waals surface area contributed by atoms with E-state index in [1.54, 1.807) is 6.92 Å². The average molecular weight is 374 g/mol. The van der Waals surface area contributed by atoms with Crippen LogP contribution in [0, 0.1) is 5.82 Å². The Kier molecular flexibility index (Phi) is 4.88. The first-order valence-corrected chi connectivity index (χ1v) is 7.90. The number of rotatable bonds is 6. The third-order valence-electron chi connectivity index (χ3n) is 3.70. The van der Waals surface area contributed by atoms with Gasteiger partial charge in [-0.15, -0.1) is 0 Å². The molecule has 2 aromatic heterocycles. The lowest BCUT2D eigenvalue weighted by Gasteiger charge is -2.17. The molecular weight excluding hydrogens is 359 g/mol. The molecule has 3 N–H and O–H groups in total. The Bertz CT molecular complexity index is 1020. The van der Waals surface area contributed by atoms with Gasteiger partial charge in [-0.2, -0.15) is 5.10 Å². The topological polar surface area (TPSA) is 126 Å². The van der Waals surface area contributed by atoms with Gasteiger partial charge in [-0.25, -0.2) is 23.5 Å². The highest BCUT2D eigenvalue weighted by Crippen LogP contribution is 2.28. The standard InChI is InChI=1S/C17H15FN4O5/c1-2-27-17(26)11-8-19-22-6-5-13(21-15(11)22)20-14(16(24)25)10-7-9(18)3-4-12(10)23/h3-8,14,23H,2H2,1H3,(H,20,21)(H,24,25). The lowest BCUT2D eigenvalue weighted by atomic mass is 10.1. The van der Waals surface area contributed by atoms with Gasteiger partial charge in [-0.3, -0.25) is 0 Å². The molecule has 3 rings (SSSR count). The zero-order valence-corrected chi connectivity index (χ0v) is 14.1. The van der Waals surface area contributed by atoms with Gasteiger partial charge >= 0.3 is 11.9 Å². The number of carboxylic acid groups (broad SMARTS) is 1. The minimum absolute atomic E-state index is 0.0876.